The molecule has 3 rings (SSSR count). The lowest BCUT2D eigenvalue weighted by Crippen LogP contribution is -2.38. The molecule has 1 atom stereocenters. The minimum absolute atomic E-state index is 0.570. The summed E-state index contributed by atoms with van der Waals surface area (Å²) < 4.78 is 0. The Bertz CT molecular complexity index is 607. The molecule has 2 heteroatoms. The van der Waals surface area contributed by atoms with E-state index in [4.69, 9.17) is 0 Å². The zero-order valence-electron chi connectivity index (χ0n) is 12.4. The number of rotatable bonds is 2. The standard InChI is InChI=1S/C17H24N2/c1-10(2)18-13-5-6-16-14(9-13)15-8-11(3)7-12(4)17(15)19-16/h7-8,10,13,18-19H,5-6,9H2,1-4H3. The topological polar surface area (TPSA) is 27.8 Å². The molecule has 2 nitrogen and oxygen atoms in total. The van der Waals surface area contributed by atoms with E-state index >= 15 is 0 Å². The molecule has 102 valence electrons. The number of benzene rings is 1. The molecule has 1 unspecified atom stereocenters. The van der Waals surface area contributed by atoms with Gasteiger partial charge in [-0.2, -0.15) is 0 Å². The average Bonchev–Trinajstić information content (AvgIpc) is 2.67. The third kappa shape index (κ3) is 2.30. The number of hydrogen-bond donors (Lipinski definition) is 2. The van der Waals surface area contributed by atoms with Gasteiger partial charge in [-0.15, -0.1) is 0 Å². The van der Waals surface area contributed by atoms with Crippen molar-refractivity contribution in [3.63, 3.8) is 0 Å². The van der Waals surface area contributed by atoms with Crippen LogP contribution >= 0.6 is 0 Å². The molecule has 1 aliphatic rings. The first kappa shape index (κ1) is 12.7. The maximum Gasteiger partial charge on any atom is 0.0488 e. The molecule has 2 N–H and O–H groups in total. The molecular weight excluding hydrogens is 232 g/mol. The number of aryl methyl sites for hydroxylation is 3. The first-order chi connectivity index (χ1) is 9.04. The van der Waals surface area contributed by atoms with E-state index in [-0.39, 0.29) is 0 Å². The fourth-order valence-corrected chi connectivity index (χ4v) is 3.49. The van der Waals surface area contributed by atoms with E-state index in [2.05, 4.69) is 50.1 Å². The third-order valence-corrected chi connectivity index (χ3v) is 4.21. The van der Waals surface area contributed by atoms with Crippen LogP contribution in [-0.4, -0.2) is 17.1 Å². The Balaban J connectivity index is 2.03. The normalized spacial score (nSPS) is 19.1. The number of aromatic nitrogens is 1. The van der Waals surface area contributed by atoms with E-state index in [0.717, 1.165) is 6.42 Å². The zero-order valence-corrected chi connectivity index (χ0v) is 12.4. The lowest BCUT2D eigenvalue weighted by atomic mass is 9.90. The molecule has 0 spiro atoms. The molecule has 1 aromatic heterocycles. The van der Waals surface area contributed by atoms with Crippen LogP contribution in [-0.2, 0) is 12.8 Å². The van der Waals surface area contributed by atoms with Crippen molar-refractivity contribution >= 4 is 10.9 Å². The minimum atomic E-state index is 0.570. The van der Waals surface area contributed by atoms with Gasteiger partial charge in [0, 0.05) is 28.7 Å². The van der Waals surface area contributed by atoms with Crippen molar-refractivity contribution in [2.75, 3.05) is 0 Å². The quantitative estimate of drug-likeness (QED) is 0.843. The predicted molar refractivity (Wildman–Crippen MR) is 81.9 cm³/mol. The summed E-state index contributed by atoms with van der Waals surface area (Å²) in [5, 5.41) is 5.14. The van der Waals surface area contributed by atoms with Crippen LogP contribution in [0.2, 0.25) is 0 Å². The van der Waals surface area contributed by atoms with Crippen molar-refractivity contribution in [2.45, 2.75) is 59.0 Å². The van der Waals surface area contributed by atoms with Crippen LogP contribution in [0.25, 0.3) is 10.9 Å². The summed E-state index contributed by atoms with van der Waals surface area (Å²) in [4.78, 5) is 3.66. The highest BCUT2D eigenvalue weighted by Crippen LogP contribution is 2.31. The summed E-state index contributed by atoms with van der Waals surface area (Å²) >= 11 is 0. The first-order valence-corrected chi connectivity index (χ1v) is 7.41. The number of H-pyrrole nitrogens is 1. The van der Waals surface area contributed by atoms with Crippen molar-refractivity contribution < 1.29 is 0 Å². The Kier molecular flexibility index (Phi) is 3.14. The summed E-state index contributed by atoms with van der Waals surface area (Å²) in [6.07, 6.45) is 3.58. The summed E-state index contributed by atoms with van der Waals surface area (Å²) in [5.74, 6) is 0. The second-order valence-electron chi connectivity index (χ2n) is 6.35. The van der Waals surface area contributed by atoms with Crippen molar-refractivity contribution in [3.8, 4) is 0 Å². The van der Waals surface area contributed by atoms with Crippen LogP contribution in [0.4, 0.5) is 0 Å². The molecule has 19 heavy (non-hydrogen) atoms. The molecule has 1 aliphatic carbocycles. The summed E-state index contributed by atoms with van der Waals surface area (Å²) in [6.45, 7) is 8.87. The van der Waals surface area contributed by atoms with Gasteiger partial charge in [-0.05, 0) is 50.3 Å². The molecular formula is C17H24N2. The van der Waals surface area contributed by atoms with Gasteiger partial charge in [0.05, 0.1) is 0 Å². The molecule has 0 amide bonds. The van der Waals surface area contributed by atoms with Gasteiger partial charge in [0.15, 0.2) is 0 Å². The van der Waals surface area contributed by atoms with Gasteiger partial charge < -0.3 is 10.3 Å². The Morgan fingerprint density at radius 3 is 2.79 bits per heavy atom. The number of fused-ring (bicyclic) bond motifs is 3. The first-order valence-electron chi connectivity index (χ1n) is 7.41. The van der Waals surface area contributed by atoms with Crippen LogP contribution in [0.1, 0.15) is 42.7 Å². The SMILES string of the molecule is Cc1cc(C)c2[nH]c3c(c2c1)CC(NC(C)C)CC3. The van der Waals surface area contributed by atoms with E-state index < -0.39 is 0 Å². The second-order valence-corrected chi connectivity index (χ2v) is 6.35. The maximum absolute atomic E-state index is 3.69. The second kappa shape index (κ2) is 4.68. The molecule has 0 fully saturated rings. The smallest absolute Gasteiger partial charge is 0.0488 e. The summed E-state index contributed by atoms with van der Waals surface area (Å²) in [7, 11) is 0. The van der Waals surface area contributed by atoms with Gasteiger partial charge in [-0.3, -0.25) is 0 Å². The summed E-state index contributed by atoms with van der Waals surface area (Å²) in [6, 6.07) is 5.82. The fourth-order valence-electron chi connectivity index (χ4n) is 3.49. The third-order valence-electron chi connectivity index (χ3n) is 4.21. The Hall–Kier alpha value is -1.28. The van der Waals surface area contributed by atoms with E-state index in [0.29, 0.717) is 12.1 Å². The maximum atomic E-state index is 3.69. The van der Waals surface area contributed by atoms with E-state index in [9.17, 15) is 0 Å². The van der Waals surface area contributed by atoms with Gasteiger partial charge in [0.1, 0.15) is 0 Å². The van der Waals surface area contributed by atoms with Crippen LogP contribution in [0.15, 0.2) is 12.1 Å². The Labute approximate surface area is 115 Å². The van der Waals surface area contributed by atoms with Gasteiger partial charge in [-0.25, -0.2) is 0 Å². The van der Waals surface area contributed by atoms with Crippen LogP contribution in [0.5, 0.6) is 0 Å². The highest BCUT2D eigenvalue weighted by molar-refractivity contribution is 5.88. The molecule has 0 aliphatic heterocycles. The van der Waals surface area contributed by atoms with Crippen LogP contribution < -0.4 is 5.32 Å². The van der Waals surface area contributed by atoms with Crippen LogP contribution in [0, 0.1) is 13.8 Å². The van der Waals surface area contributed by atoms with Gasteiger partial charge in [0.25, 0.3) is 0 Å². The largest absolute Gasteiger partial charge is 0.358 e. The Morgan fingerprint density at radius 1 is 1.26 bits per heavy atom. The van der Waals surface area contributed by atoms with E-state index in [1.165, 1.54) is 40.6 Å². The molecule has 2 aromatic rings. The van der Waals surface area contributed by atoms with Gasteiger partial charge >= 0.3 is 0 Å². The molecule has 1 aromatic carbocycles. The summed E-state index contributed by atoms with van der Waals surface area (Å²) in [5.41, 5.74) is 7.10. The zero-order chi connectivity index (χ0) is 13.6. The van der Waals surface area contributed by atoms with Gasteiger partial charge in [0.2, 0.25) is 0 Å². The molecule has 0 bridgehead atoms. The number of nitrogens with one attached hydrogen (secondary N) is 2. The molecule has 0 saturated heterocycles. The monoisotopic (exact) mass is 256 g/mol. The van der Waals surface area contributed by atoms with Crippen molar-refractivity contribution in [3.05, 3.63) is 34.5 Å². The van der Waals surface area contributed by atoms with Crippen molar-refractivity contribution in [1.29, 1.82) is 0 Å². The lowest BCUT2D eigenvalue weighted by molar-refractivity contribution is 0.421. The van der Waals surface area contributed by atoms with E-state index in [1.54, 1.807) is 5.56 Å². The molecule has 1 heterocycles. The Morgan fingerprint density at radius 2 is 2.05 bits per heavy atom. The lowest BCUT2D eigenvalue weighted by Gasteiger charge is -2.25. The number of aromatic amines is 1. The molecule has 0 saturated carbocycles. The van der Waals surface area contributed by atoms with E-state index in [1.807, 2.05) is 0 Å². The highest BCUT2D eigenvalue weighted by Gasteiger charge is 2.23. The number of hydrogen-bond acceptors (Lipinski definition) is 1. The van der Waals surface area contributed by atoms with Crippen LogP contribution in [0.3, 0.4) is 0 Å². The molecule has 0 radical (unpaired) electrons. The predicted octanol–water partition coefficient (Wildman–Crippen LogP) is 3.64. The minimum Gasteiger partial charge on any atom is -0.358 e. The highest BCUT2D eigenvalue weighted by atomic mass is 14.9. The van der Waals surface area contributed by atoms with Crippen molar-refractivity contribution in [2.24, 2.45) is 0 Å². The fraction of sp³-hybridized carbons (Fsp3) is 0.529. The average molecular weight is 256 g/mol. The van der Waals surface area contributed by atoms with Crippen molar-refractivity contribution in [1.82, 2.24) is 10.3 Å². The van der Waals surface area contributed by atoms with Gasteiger partial charge in [-0.1, -0.05) is 25.5 Å².